The Labute approximate surface area is 159 Å². The molecule has 2 aliphatic carbocycles. The van der Waals surface area contributed by atoms with Crippen molar-refractivity contribution >= 4 is 11.6 Å². The first-order valence-electron chi connectivity index (χ1n) is 9.95. The molecule has 0 unspecified atom stereocenters. The fourth-order valence-electron chi connectivity index (χ4n) is 4.90. The Bertz CT molecular complexity index is 589. The fourth-order valence-corrected chi connectivity index (χ4v) is 5.00. The number of rotatable bonds is 5. The van der Waals surface area contributed by atoms with E-state index in [1.165, 1.54) is 37.8 Å². The van der Waals surface area contributed by atoms with Crippen LogP contribution in [0.1, 0.15) is 69.3 Å². The molecule has 144 valence electrons. The molecule has 0 bridgehead atoms. The maximum Gasteiger partial charge on any atom is 0.145 e. The van der Waals surface area contributed by atoms with E-state index in [4.69, 9.17) is 11.6 Å². The lowest BCUT2D eigenvalue weighted by molar-refractivity contribution is 0.171. The van der Waals surface area contributed by atoms with Crippen LogP contribution >= 0.6 is 11.6 Å². The summed E-state index contributed by atoms with van der Waals surface area (Å²) in [7, 11) is 0. The molecule has 0 spiro atoms. The smallest absolute Gasteiger partial charge is 0.145 e. The zero-order valence-electron chi connectivity index (χ0n) is 15.2. The number of allylic oxidation sites excluding steroid dienone is 2. The molecule has 3 rings (SSSR count). The van der Waals surface area contributed by atoms with E-state index in [2.05, 4.69) is 6.08 Å². The van der Waals surface area contributed by atoms with Crippen molar-refractivity contribution in [2.24, 2.45) is 17.8 Å². The van der Waals surface area contributed by atoms with Gasteiger partial charge in [0.25, 0.3) is 0 Å². The first kappa shape index (κ1) is 19.8. The van der Waals surface area contributed by atoms with Gasteiger partial charge in [-0.3, -0.25) is 4.39 Å². The van der Waals surface area contributed by atoms with Crippen LogP contribution in [0, 0.1) is 29.4 Å². The highest BCUT2D eigenvalue weighted by molar-refractivity contribution is 6.30. The molecule has 0 N–H and O–H groups in total. The third-order valence-electron chi connectivity index (χ3n) is 6.42. The van der Waals surface area contributed by atoms with Crippen LogP contribution in [-0.4, -0.2) is 6.67 Å². The molecule has 2 saturated carbocycles. The van der Waals surface area contributed by atoms with Gasteiger partial charge in [-0.25, -0.2) is 8.78 Å². The van der Waals surface area contributed by atoms with E-state index in [0.717, 1.165) is 43.1 Å². The quantitative estimate of drug-likeness (QED) is 0.362. The van der Waals surface area contributed by atoms with Crippen molar-refractivity contribution in [3.8, 4) is 0 Å². The Morgan fingerprint density at radius 1 is 0.885 bits per heavy atom. The summed E-state index contributed by atoms with van der Waals surface area (Å²) in [5.74, 6) is 1.08. The van der Waals surface area contributed by atoms with Crippen molar-refractivity contribution in [3.05, 3.63) is 46.5 Å². The monoisotopic (exact) mass is 384 g/mol. The molecule has 0 radical (unpaired) electrons. The van der Waals surface area contributed by atoms with Gasteiger partial charge >= 0.3 is 0 Å². The van der Waals surface area contributed by atoms with E-state index in [1.807, 2.05) is 6.08 Å². The Kier molecular flexibility index (Phi) is 7.08. The van der Waals surface area contributed by atoms with Gasteiger partial charge in [0.15, 0.2) is 0 Å². The van der Waals surface area contributed by atoms with Gasteiger partial charge in [0, 0.05) is 0 Å². The van der Waals surface area contributed by atoms with E-state index >= 15 is 0 Å². The second kappa shape index (κ2) is 9.30. The van der Waals surface area contributed by atoms with Crippen LogP contribution < -0.4 is 0 Å². The summed E-state index contributed by atoms with van der Waals surface area (Å²) in [5.41, 5.74) is 0.754. The lowest BCUT2D eigenvalue weighted by Gasteiger charge is -2.37. The zero-order valence-corrected chi connectivity index (χ0v) is 16.0. The summed E-state index contributed by atoms with van der Waals surface area (Å²) in [4.78, 5) is 0. The van der Waals surface area contributed by atoms with Crippen molar-refractivity contribution in [3.63, 3.8) is 0 Å². The minimum absolute atomic E-state index is 0.243. The largest absolute Gasteiger partial charge is 0.251 e. The molecule has 2 fully saturated rings. The molecule has 4 heteroatoms. The lowest BCUT2D eigenvalue weighted by atomic mass is 9.68. The van der Waals surface area contributed by atoms with Gasteiger partial charge in [0.2, 0.25) is 0 Å². The van der Waals surface area contributed by atoms with Crippen molar-refractivity contribution < 1.29 is 13.2 Å². The SMILES string of the molecule is FCC/C=C/[C@H]1CC[C@H](C2CCC(c3cc(F)c(Cl)c(F)c3)CC2)CC1. The predicted molar refractivity (Wildman–Crippen MR) is 101 cm³/mol. The van der Waals surface area contributed by atoms with Gasteiger partial charge in [-0.2, -0.15) is 0 Å². The van der Waals surface area contributed by atoms with E-state index in [-0.39, 0.29) is 12.6 Å². The third-order valence-corrected chi connectivity index (χ3v) is 6.78. The summed E-state index contributed by atoms with van der Waals surface area (Å²) in [6.45, 7) is -0.267. The standard InChI is InChI=1S/C22H28ClF3/c23-22-20(25)13-19(14-21(22)26)18-10-8-17(9-11-18)16-6-4-15(5-7-16)3-1-2-12-24/h1,3,13-18H,2,4-12H2/b3-1+/t15-,16-,17?,18?. The van der Waals surface area contributed by atoms with Crippen LogP contribution in [0.2, 0.25) is 5.02 Å². The minimum Gasteiger partial charge on any atom is -0.251 e. The van der Waals surface area contributed by atoms with E-state index < -0.39 is 16.7 Å². The Morgan fingerprint density at radius 3 is 1.96 bits per heavy atom. The van der Waals surface area contributed by atoms with Crippen molar-refractivity contribution in [2.75, 3.05) is 6.67 Å². The van der Waals surface area contributed by atoms with Crippen LogP contribution in [0.15, 0.2) is 24.3 Å². The molecule has 0 amide bonds. The van der Waals surface area contributed by atoms with Gasteiger partial charge < -0.3 is 0 Å². The van der Waals surface area contributed by atoms with E-state index in [1.54, 1.807) is 0 Å². The molecular weight excluding hydrogens is 357 g/mol. The molecule has 0 heterocycles. The van der Waals surface area contributed by atoms with Gasteiger partial charge in [-0.1, -0.05) is 23.8 Å². The van der Waals surface area contributed by atoms with Crippen LogP contribution in [0.5, 0.6) is 0 Å². The third kappa shape index (κ3) is 4.85. The Balaban J connectivity index is 1.49. The topological polar surface area (TPSA) is 0 Å². The number of benzene rings is 1. The van der Waals surface area contributed by atoms with Gasteiger partial charge in [0.05, 0.1) is 6.67 Å². The Hall–Kier alpha value is -0.960. The molecule has 1 aromatic carbocycles. The number of hydrogen-bond acceptors (Lipinski definition) is 0. The molecule has 0 aromatic heterocycles. The van der Waals surface area contributed by atoms with Crippen LogP contribution in [0.3, 0.4) is 0 Å². The van der Waals surface area contributed by atoms with Gasteiger partial charge in [0.1, 0.15) is 16.7 Å². The molecule has 0 saturated heterocycles. The summed E-state index contributed by atoms with van der Waals surface area (Å²) >= 11 is 5.59. The number of alkyl halides is 1. The van der Waals surface area contributed by atoms with Crippen molar-refractivity contribution in [2.45, 2.75) is 63.7 Å². The molecule has 2 aliphatic rings. The van der Waals surface area contributed by atoms with E-state index in [0.29, 0.717) is 12.3 Å². The molecule has 1 aromatic rings. The van der Waals surface area contributed by atoms with Crippen LogP contribution in [0.25, 0.3) is 0 Å². The number of hydrogen-bond donors (Lipinski definition) is 0. The highest BCUT2D eigenvalue weighted by Crippen LogP contribution is 2.44. The van der Waals surface area contributed by atoms with Crippen molar-refractivity contribution in [1.82, 2.24) is 0 Å². The first-order chi connectivity index (χ1) is 12.6. The molecule has 26 heavy (non-hydrogen) atoms. The average molecular weight is 385 g/mol. The highest BCUT2D eigenvalue weighted by atomic mass is 35.5. The predicted octanol–water partition coefficient (Wildman–Crippen LogP) is 7.61. The highest BCUT2D eigenvalue weighted by Gasteiger charge is 2.31. The molecular formula is C22H28ClF3. The van der Waals surface area contributed by atoms with Crippen molar-refractivity contribution in [1.29, 1.82) is 0 Å². The fraction of sp³-hybridized carbons (Fsp3) is 0.636. The van der Waals surface area contributed by atoms with Gasteiger partial charge in [-0.15, -0.1) is 0 Å². The molecule has 0 nitrogen and oxygen atoms in total. The Morgan fingerprint density at radius 2 is 1.42 bits per heavy atom. The molecule has 0 aliphatic heterocycles. The zero-order chi connectivity index (χ0) is 18.5. The average Bonchev–Trinajstić information content (AvgIpc) is 2.67. The summed E-state index contributed by atoms with van der Waals surface area (Å²) in [5, 5.41) is -0.403. The number of halogens is 4. The van der Waals surface area contributed by atoms with Crippen LogP contribution in [-0.2, 0) is 0 Å². The lowest BCUT2D eigenvalue weighted by Crippen LogP contribution is -2.25. The minimum atomic E-state index is -0.650. The second-order valence-corrected chi connectivity index (χ2v) is 8.37. The van der Waals surface area contributed by atoms with Gasteiger partial charge in [-0.05, 0) is 99.2 Å². The maximum absolute atomic E-state index is 13.7. The van der Waals surface area contributed by atoms with E-state index in [9.17, 15) is 13.2 Å². The summed E-state index contributed by atoms with van der Waals surface area (Å²) in [6.07, 6.45) is 13.9. The first-order valence-corrected chi connectivity index (χ1v) is 10.3. The normalized spacial score (nSPS) is 30.0. The summed E-state index contributed by atoms with van der Waals surface area (Å²) < 4.78 is 39.6. The summed E-state index contributed by atoms with van der Waals surface area (Å²) in [6, 6.07) is 2.82. The molecule has 0 atom stereocenters. The maximum atomic E-state index is 13.7. The van der Waals surface area contributed by atoms with Crippen LogP contribution in [0.4, 0.5) is 13.2 Å². The second-order valence-electron chi connectivity index (χ2n) is 7.99.